The molecule has 0 bridgehead atoms. The summed E-state index contributed by atoms with van der Waals surface area (Å²) < 4.78 is 2.33. The number of para-hydroxylation sites is 1. The van der Waals surface area contributed by atoms with Gasteiger partial charge in [0.05, 0.1) is 5.52 Å². The third-order valence-corrected chi connectivity index (χ3v) is 4.18. The van der Waals surface area contributed by atoms with Crippen LogP contribution < -0.4 is 0 Å². The third-order valence-electron chi connectivity index (χ3n) is 4.18. The van der Waals surface area contributed by atoms with Gasteiger partial charge in [0.15, 0.2) is 0 Å². The van der Waals surface area contributed by atoms with Crippen molar-refractivity contribution in [3.05, 3.63) is 54.1 Å². The number of aryl methyl sites for hydroxylation is 2. The van der Waals surface area contributed by atoms with Gasteiger partial charge in [-0.25, -0.2) is 4.98 Å². The lowest BCUT2D eigenvalue weighted by molar-refractivity contribution is 0.877. The molecule has 1 aromatic carbocycles. The fourth-order valence-electron chi connectivity index (χ4n) is 3.34. The molecule has 4 aromatic rings. The first-order valence-corrected chi connectivity index (χ1v) is 6.57. The number of rotatable bonds is 0. The van der Waals surface area contributed by atoms with Crippen molar-refractivity contribution in [2.24, 2.45) is 0 Å². The van der Waals surface area contributed by atoms with E-state index in [4.69, 9.17) is 0 Å². The van der Waals surface area contributed by atoms with Crippen LogP contribution in [0.25, 0.3) is 27.3 Å². The molecular formula is C16H11N3. The second-order valence-corrected chi connectivity index (χ2v) is 5.14. The van der Waals surface area contributed by atoms with E-state index in [0.717, 1.165) is 18.5 Å². The van der Waals surface area contributed by atoms with Gasteiger partial charge in [-0.2, -0.15) is 0 Å². The summed E-state index contributed by atoms with van der Waals surface area (Å²) >= 11 is 0. The van der Waals surface area contributed by atoms with Crippen LogP contribution in [0.2, 0.25) is 0 Å². The molecule has 1 aliphatic rings. The van der Waals surface area contributed by atoms with Crippen molar-refractivity contribution in [2.45, 2.75) is 12.8 Å². The van der Waals surface area contributed by atoms with Crippen molar-refractivity contribution in [2.75, 3.05) is 0 Å². The highest BCUT2D eigenvalue weighted by Gasteiger charge is 2.18. The Morgan fingerprint density at radius 2 is 1.95 bits per heavy atom. The van der Waals surface area contributed by atoms with Crippen LogP contribution in [-0.2, 0) is 12.8 Å². The van der Waals surface area contributed by atoms with Gasteiger partial charge in [0.2, 0.25) is 0 Å². The Kier molecular flexibility index (Phi) is 1.56. The van der Waals surface area contributed by atoms with Crippen molar-refractivity contribution < 1.29 is 0 Å². The maximum Gasteiger partial charge on any atom is 0.145 e. The van der Waals surface area contributed by atoms with Crippen molar-refractivity contribution in [1.29, 1.82) is 0 Å². The zero-order valence-electron chi connectivity index (χ0n) is 10.3. The number of benzene rings is 1. The molecule has 3 aromatic heterocycles. The number of hydrogen-bond acceptors (Lipinski definition) is 2. The standard InChI is InChI=1S/C16H11N3/c1-2-10-4-5-11-8-18-16-13-6-7-17-9-14(13)12(3-1)15(10)19(11)16/h1-3,6-9H,4-5H2. The number of nitrogens with zero attached hydrogens (tertiary/aromatic N) is 3. The van der Waals surface area contributed by atoms with E-state index in [-0.39, 0.29) is 0 Å². The van der Waals surface area contributed by atoms with Crippen molar-refractivity contribution in [3.63, 3.8) is 0 Å². The Hall–Kier alpha value is -2.42. The molecule has 3 nitrogen and oxygen atoms in total. The highest BCUT2D eigenvalue weighted by Crippen LogP contribution is 2.34. The van der Waals surface area contributed by atoms with Gasteiger partial charge in [0.1, 0.15) is 5.65 Å². The summed E-state index contributed by atoms with van der Waals surface area (Å²) in [4.78, 5) is 8.92. The van der Waals surface area contributed by atoms with Crippen LogP contribution in [-0.4, -0.2) is 14.4 Å². The van der Waals surface area contributed by atoms with Gasteiger partial charge in [-0.1, -0.05) is 18.2 Å². The Morgan fingerprint density at radius 3 is 2.95 bits per heavy atom. The average molecular weight is 245 g/mol. The van der Waals surface area contributed by atoms with E-state index in [1.165, 1.54) is 32.9 Å². The molecule has 0 saturated heterocycles. The van der Waals surface area contributed by atoms with Gasteiger partial charge in [-0.05, 0) is 24.5 Å². The lowest BCUT2D eigenvalue weighted by Crippen LogP contribution is -2.07. The van der Waals surface area contributed by atoms with E-state index in [2.05, 4.69) is 38.6 Å². The first-order valence-electron chi connectivity index (χ1n) is 6.57. The molecule has 4 heterocycles. The second kappa shape index (κ2) is 3.12. The molecule has 0 amide bonds. The normalized spacial score (nSPS) is 13.9. The van der Waals surface area contributed by atoms with E-state index >= 15 is 0 Å². The summed E-state index contributed by atoms with van der Waals surface area (Å²) in [6, 6.07) is 8.64. The molecule has 90 valence electrons. The molecular weight excluding hydrogens is 234 g/mol. The fourth-order valence-corrected chi connectivity index (χ4v) is 3.34. The monoisotopic (exact) mass is 245 g/mol. The summed E-state index contributed by atoms with van der Waals surface area (Å²) in [6.07, 6.45) is 7.99. The Bertz CT molecular complexity index is 966. The minimum atomic E-state index is 1.06. The van der Waals surface area contributed by atoms with Crippen LogP contribution in [0.5, 0.6) is 0 Å². The van der Waals surface area contributed by atoms with Crippen molar-refractivity contribution >= 4 is 27.3 Å². The van der Waals surface area contributed by atoms with Gasteiger partial charge in [0.25, 0.3) is 0 Å². The number of imidazole rings is 1. The quantitative estimate of drug-likeness (QED) is 0.445. The van der Waals surface area contributed by atoms with E-state index < -0.39 is 0 Å². The van der Waals surface area contributed by atoms with Gasteiger partial charge >= 0.3 is 0 Å². The summed E-state index contributed by atoms with van der Waals surface area (Å²) in [5.41, 5.74) is 5.11. The van der Waals surface area contributed by atoms with Gasteiger partial charge in [-0.15, -0.1) is 0 Å². The average Bonchev–Trinajstić information content (AvgIpc) is 2.91. The summed E-state index contributed by atoms with van der Waals surface area (Å²) in [5.74, 6) is 0. The van der Waals surface area contributed by atoms with Crippen LogP contribution in [0, 0.1) is 0 Å². The first kappa shape index (κ1) is 9.50. The Balaban J connectivity index is 2.27. The summed E-state index contributed by atoms with van der Waals surface area (Å²) in [6.45, 7) is 0. The third kappa shape index (κ3) is 1.04. The van der Waals surface area contributed by atoms with Crippen LogP contribution in [0.1, 0.15) is 11.3 Å². The Morgan fingerprint density at radius 1 is 0.947 bits per heavy atom. The SMILES string of the molecule is c1cc2c3c(c1)c1cnccc1c1ncc(n13)CC2. The summed E-state index contributed by atoms with van der Waals surface area (Å²) in [7, 11) is 0. The fraction of sp³-hybridized carbons (Fsp3) is 0.125. The largest absolute Gasteiger partial charge is 0.296 e. The van der Waals surface area contributed by atoms with Gasteiger partial charge in [-0.3, -0.25) is 9.38 Å². The molecule has 5 rings (SSSR count). The molecule has 0 spiro atoms. The van der Waals surface area contributed by atoms with Gasteiger partial charge in [0, 0.05) is 40.4 Å². The summed E-state index contributed by atoms with van der Waals surface area (Å²) in [5, 5.41) is 3.67. The molecule has 0 saturated carbocycles. The smallest absolute Gasteiger partial charge is 0.145 e. The lowest BCUT2D eigenvalue weighted by atomic mass is 9.98. The minimum Gasteiger partial charge on any atom is -0.296 e. The topological polar surface area (TPSA) is 30.2 Å². The number of hydrogen-bond donors (Lipinski definition) is 0. The van der Waals surface area contributed by atoms with E-state index in [1.807, 2.05) is 18.6 Å². The molecule has 0 fully saturated rings. The highest BCUT2D eigenvalue weighted by atomic mass is 15.0. The molecule has 0 radical (unpaired) electrons. The Labute approximate surface area is 109 Å². The molecule has 0 atom stereocenters. The minimum absolute atomic E-state index is 1.06. The zero-order valence-corrected chi connectivity index (χ0v) is 10.3. The molecule has 1 aliphatic heterocycles. The van der Waals surface area contributed by atoms with Crippen LogP contribution >= 0.6 is 0 Å². The number of aromatic nitrogens is 3. The van der Waals surface area contributed by atoms with Crippen molar-refractivity contribution in [1.82, 2.24) is 14.4 Å². The van der Waals surface area contributed by atoms with Gasteiger partial charge < -0.3 is 0 Å². The van der Waals surface area contributed by atoms with Crippen molar-refractivity contribution in [3.8, 4) is 0 Å². The first-order chi connectivity index (χ1) is 9.43. The van der Waals surface area contributed by atoms with E-state index in [0.29, 0.717) is 0 Å². The molecule has 19 heavy (non-hydrogen) atoms. The van der Waals surface area contributed by atoms with Crippen LogP contribution in [0.3, 0.4) is 0 Å². The molecule has 3 heteroatoms. The molecule has 0 aliphatic carbocycles. The zero-order chi connectivity index (χ0) is 12.4. The van der Waals surface area contributed by atoms with Crippen LogP contribution in [0.4, 0.5) is 0 Å². The highest BCUT2D eigenvalue weighted by molar-refractivity contribution is 6.12. The van der Waals surface area contributed by atoms with Crippen LogP contribution in [0.15, 0.2) is 42.9 Å². The number of pyridine rings is 2. The maximum absolute atomic E-state index is 4.64. The number of fused-ring (bicyclic) bond motifs is 3. The predicted molar refractivity (Wildman–Crippen MR) is 75.4 cm³/mol. The molecule has 0 N–H and O–H groups in total. The van der Waals surface area contributed by atoms with E-state index in [9.17, 15) is 0 Å². The second-order valence-electron chi connectivity index (χ2n) is 5.14. The van der Waals surface area contributed by atoms with E-state index in [1.54, 1.807) is 0 Å². The lowest BCUT2D eigenvalue weighted by Gasteiger charge is -2.17. The predicted octanol–water partition coefficient (Wildman–Crippen LogP) is 3.13. The maximum atomic E-state index is 4.64. The molecule has 0 unspecified atom stereocenters.